The predicted molar refractivity (Wildman–Crippen MR) is 85.2 cm³/mol. The summed E-state index contributed by atoms with van der Waals surface area (Å²) in [5, 5.41) is 7.99. The molecule has 4 rings (SSSR count). The van der Waals surface area contributed by atoms with Gasteiger partial charge in [-0.25, -0.2) is 9.37 Å². The van der Waals surface area contributed by atoms with Gasteiger partial charge in [0.1, 0.15) is 11.6 Å². The van der Waals surface area contributed by atoms with Gasteiger partial charge in [-0.2, -0.15) is 5.10 Å². The number of nitrogens with one attached hydrogen (secondary N) is 2. The van der Waals surface area contributed by atoms with E-state index in [1.807, 2.05) is 7.05 Å². The molecule has 2 N–H and O–H groups in total. The Labute approximate surface area is 133 Å². The fourth-order valence-electron chi connectivity index (χ4n) is 3.03. The third kappa shape index (κ3) is 2.97. The van der Waals surface area contributed by atoms with E-state index in [0.717, 1.165) is 48.7 Å². The summed E-state index contributed by atoms with van der Waals surface area (Å²) in [7, 11) is 2.03. The van der Waals surface area contributed by atoms with Crippen molar-refractivity contribution in [2.45, 2.75) is 26.2 Å². The number of halogens is 1. The third-order valence-electron chi connectivity index (χ3n) is 4.06. The Bertz CT molecular complexity index is 813. The van der Waals surface area contributed by atoms with E-state index in [0.29, 0.717) is 6.54 Å². The molecule has 0 amide bonds. The van der Waals surface area contributed by atoms with E-state index in [1.54, 1.807) is 6.07 Å². The number of aromatic amines is 1. The fraction of sp³-hybridized carbons (Fsp3) is 0.375. The van der Waals surface area contributed by atoms with E-state index in [2.05, 4.69) is 36.0 Å². The minimum atomic E-state index is -0.252. The number of rotatable bonds is 4. The minimum Gasteiger partial charge on any atom is -0.341 e. The topological polar surface area (TPSA) is 61.8 Å². The van der Waals surface area contributed by atoms with Gasteiger partial charge in [-0.3, -0.25) is 9.58 Å². The maximum absolute atomic E-state index is 13.2. The normalized spacial score (nSPS) is 14.6. The zero-order valence-electron chi connectivity index (χ0n) is 13.0. The summed E-state index contributed by atoms with van der Waals surface area (Å²) in [5.74, 6) is 0.581. The summed E-state index contributed by atoms with van der Waals surface area (Å²) in [6.45, 7) is 4.20. The molecule has 0 saturated heterocycles. The van der Waals surface area contributed by atoms with E-state index in [-0.39, 0.29) is 5.82 Å². The highest BCUT2D eigenvalue weighted by Gasteiger charge is 2.13. The van der Waals surface area contributed by atoms with Gasteiger partial charge in [0.05, 0.1) is 35.5 Å². The monoisotopic (exact) mass is 314 g/mol. The van der Waals surface area contributed by atoms with E-state index >= 15 is 0 Å². The molecule has 0 atom stereocenters. The molecule has 0 unspecified atom stereocenters. The van der Waals surface area contributed by atoms with Crippen molar-refractivity contribution in [2.75, 3.05) is 13.6 Å². The molecule has 1 aliphatic heterocycles. The van der Waals surface area contributed by atoms with E-state index in [1.165, 1.54) is 17.8 Å². The molecule has 7 heteroatoms. The molecule has 120 valence electrons. The van der Waals surface area contributed by atoms with Crippen LogP contribution in [0, 0.1) is 5.82 Å². The molecular weight excluding hydrogens is 295 g/mol. The van der Waals surface area contributed by atoms with Crippen LogP contribution in [0.15, 0.2) is 24.3 Å². The minimum absolute atomic E-state index is 0.252. The van der Waals surface area contributed by atoms with Gasteiger partial charge in [0.25, 0.3) is 0 Å². The molecule has 0 fully saturated rings. The second-order valence-electron chi connectivity index (χ2n) is 6.04. The maximum Gasteiger partial charge on any atom is 0.125 e. The number of benzene rings is 1. The summed E-state index contributed by atoms with van der Waals surface area (Å²) in [5.41, 5.74) is 3.82. The lowest BCUT2D eigenvalue weighted by atomic mass is 10.3. The lowest BCUT2D eigenvalue weighted by molar-refractivity contribution is 0.306. The zero-order chi connectivity index (χ0) is 15.8. The number of aromatic nitrogens is 4. The molecule has 2 aromatic heterocycles. The molecule has 0 bridgehead atoms. The van der Waals surface area contributed by atoms with Crippen molar-refractivity contribution >= 4 is 11.0 Å². The summed E-state index contributed by atoms with van der Waals surface area (Å²) in [6.07, 6.45) is 0. The van der Waals surface area contributed by atoms with Gasteiger partial charge < -0.3 is 10.3 Å². The smallest absolute Gasteiger partial charge is 0.125 e. The Morgan fingerprint density at radius 2 is 2.22 bits per heavy atom. The van der Waals surface area contributed by atoms with Crippen LogP contribution < -0.4 is 5.32 Å². The molecule has 23 heavy (non-hydrogen) atoms. The molecule has 3 aromatic rings. The Morgan fingerprint density at radius 1 is 1.30 bits per heavy atom. The van der Waals surface area contributed by atoms with Crippen LogP contribution in [0.4, 0.5) is 4.39 Å². The van der Waals surface area contributed by atoms with Gasteiger partial charge in [-0.05, 0) is 31.3 Å². The van der Waals surface area contributed by atoms with Crippen molar-refractivity contribution in [3.05, 3.63) is 47.3 Å². The molecule has 0 radical (unpaired) electrons. The fourth-order valence-corrected chi connectivity index (χ4v) is 3.03. The Hall–Kier alpha value is -2.25. The van der Waals surface area contributed by atoms with Crippen molar-refractivity contribution in [1.82, 2.24) is 30.0 Å². The predicted octanol–water partition coefficient (Wildman–Crippen LogP) is 1.63. The van der Waals surface area contributed by atoms with Crippen LogP contribution in [0.25, 0.3) is 11.0 Å². The van der Waals surface area contributed by atoms with Gasteiger partial charge in [0, 0.05) is 19.6 Å². The first-order chi connectivity index (χ1) is 11.2. The summed E-state index contributed by atoms with van der Waals surface area (Å²) < 4.78 is 15.3. The first kappa shape index (κ1) is 14.3. The molecule has 0 aliphatic carbocycles. The van der Waals surface area contributed by atoms with Crippen LogP contribution in [-0.2, 0) is 26.2 Å². The summed E-state index contributed by atoms with van der Waals surface area (Å²) >= 11 is 0. The lowest BCUT2D eigenvalue weighted by Gasteiger charge is -2.14. The SMILES string of the molecule is CN(Cc1cc2n(n1)CCNC2)Cc1nc2ccc(F)cc2[nH]1. The van der Waals surface area contributed by atoms with Crippen LogP contribution >= 0.6 is 0 Å². The average Bonchev–Trinajstić information content (AvgIpc) is 3.08. The van der Waals surface area contributed by atoms with Crippen LogP contribution in [0.1, 0.15) is 17.2 Å². The number of H-pyrrole nitrogens is 1. The quantitative estimate of drug-likeness (QED) is 0.768. The van der Waals surface area contributed by atoms with Crippen molar-refractivity contribution in [2.24, 2.45) is 0 Å². The standard InChI is InChI=1S/C16H19FN6/c1-22(9-12-7-13-8-18-4-5-23(13)21-12)10-16-19-14-3-2-11(17)6-15(14)20-16/h2-3,6-7,18H,4-5,8-10H2,1H3,(H,19,20). The van der Waals surface area contributed by atoms with Crippen LogP contribution in [0.2, 0.25) is 0 Å². The van der Waals surface area contributed by atoms with Crippen LogP contribution in [-0.4, -0.2) is 38.2 Å². The highest BCUT2D eigenvalue weighted by molar-refractivity contribution is 5.74. The molecule has 1 aliphatic rings. The Balaban J connectivity index is 1.46. The number of nitrogens with zero attached hydrogens (tertiary/aromatic N) is 4. The number of hydrogen-bond acceptors (Lipinski definition) is 4. The number of imidazole rings is 1. The van der Waals surface area contributed by atoms with Crippen LogP contribution in [0.5, 0.6) is 0 Å². The van der Waals surface area contributed by atoms with Crippen molar-refractivity contribution < 1.29 is 4.39 Å². The van der Waals surface area contributed by atoms with Gasteiger partial charge in [-0.15, -0.1) is 0 Å². The zero-order valence-corrected chi connectivity index (χ0v) is 13.0. The van der Waals surface area contributed by atoms with Gasteiger partial charge >= 0.3 is 0 Å². The van der Waals surface area contributed by atoms with Crippen molar-refractivity contribution in [1.29, 1.82) is 0 Å². The first-order valence-electron chi connectivity index (χ1n) is 7.76. The maximum atomic E-state index is 13.2. The highest BCUT2D eigenvalue weighted by atomic mass is 19.1. The summed E-state index contributed by atoms with van der Waals surface area (Å²) in [6, 6.07) is 6.75. The molecule has 0 saturated carbocycles. The second kappa shape index (κ2) is 5.75. The Kier molecular flexibility index (Phi) is 3.59. The Morgan fingerprint density at radius 3 is 3.09 bits per heavy atom. The third-order valence-corrected chi connectivity index (χ3v) is 4.06. The largest absolute Gasteiger partial charge is 0.341 e. The first-order valence-corrected chi connectivity index (χ1v) is 7.76. The molecule has 3 heterocycles. The molecular formula is C16H19FN6. The second-order valence-corrected chi connectivity index (χ2v) is 6.04. The number of hydrogen-bond donors (Lipinski definition) is 2. The van der Waals surface area contributed by atoms with Gasteiger partial charge in [0.2, 0.25) is 0 Å². The summed E-state index contributed by atoms with van der Waals surface area (Å²) in [4.78, 5) is 9.82. The van der Waals surface area contributed by atoms with E-state index in [4.69, 9.17) is 0 Å². The van der Waals surface area contributed by atoms with Crippen LogP contribution in [0.3, 0.4) is 0 Å². The highest BCUT2D eigenvalue weighted by Crippen LogP contribution is 2.15. The van der Waals surface area contributed by atoms with Gasteiger partial charge in [0.15, 0.2) is 0 Å². The molecule has 1 aromatic carbocycles. The van der Waals surface area contributed by atoms with Gasteiger partial charge in [-0.1, -0.05) is 0 Å². The van der Waals surface area contributed by atoms with Crippen molar-refractivity contribution in [3.63, 3.8) is 0 Å². The molecule has 0 spiro atoms. The average molecular weight is 314 g/mol. The van der Waals surface area contributed by atoms with E-state index < -0.39 is 0 Å². The lowest BCUT2D eigenvalue weighted by Crippen LogP contribution is -2.28. The van der Waals surface area contributed by atoms with Crippen molar-refractivity contribution in [3.8, 4) is 0 Å². The molecule has 6 nitrogen and oxygen atoms in total. The number of fused-ring (bicyclic) bond motifs is 2. The van der Waals surface area contributed by atoms with E-state index in [9.17, 15) is 4.39 Å².